The highest BCUT2D eigenvalue weighted by Crippen LogP contribution is 2.25. The molecule has 0 spiro atoms. The van der Waals surface area contributed by atoms with Crippen LogP contribution in [0.3, 0.4) is 0 Å². The molecule has 1 heterocycles. The highest BCUT2D eigenvalue weighted by Gasteiger charge is 2.08. The molecule has 2 aromatic carbocycles. The van der Waals surface area contributed by atoms with Gasteiger partial charge in [0.05, 0.1) is 0 Å². The third-order valence-corrected chi connectivity index (χ3v) is 4.02. The number of alkyl halides is 2. The van der Waals surface area contributed by atoms with Crippen LogP contribution in [-0.2, 0) is 6.54 Å². The molecule has 1 N–H and O–H groups in total. The monoisotopic (exact) mass is 305 g/mol. The van der Waals surface area contributed by atoms with Crippen molar-refractivity contribution < 1.29 is 13.5 Å². The van der Waals surface area contributed by atoms with Crippen LogP contribution in [0.15, 0.2) is 53.9 Å². The maximum atomic E-state index is 12.4. The predicted octanol–water partition coefficient (Wildman–Crippen LogP) is 5.11. The van der Waals surface area contributed by atoms with Gasteiger partial charge in [0.1, 0.15) is 5.75 Å². The van der Waals surface area contributed by atoms with Gasteiger partial charge in [0.2, 0.25) is 0 Å². The zero-order valence-corrected chi connectivity index (χ0v) is 11.9. The smallest absolute Gasteiger partial charge is 0.387 e. The lowest BCUT2D eigenvalue weighted by molar-refractivity contribution is -0.0504. The van der Waals surface area contributed by atoms with Crippen molar-refractivity contribution in [3.05, 3.63) is 59.5 Å². The van der Waals surface area contributed by atoms with Crippen molar-refractivity contribution in [2.45, 2.75) is 13.2 Å². The molecule has 0 saturated heterocycles. The molecule has 21 heavy (non-hydrogen) atoms. The van der Waals surface area contributed by atoms with Gasteiger partial charge >= 0.3 is 6.61 Å². The Bertz CT molecular complexity index is 742. The Labute approximate surface area is 125 Å². The fraction of sp³-hybridized carbons (Fsp3) is 0.125. The van der Waals surface area contributed by atoms with Crippen molar-refractivity contribution in [3.63, 3.8) is 0 Å². The van der Waals surface area contributed by atoms with E-state index in [1.807, 2.05) is 23.6 Å². The highest BCUT2D eigenvalue weighted by atomic mass is 32.1. The number of fused-ring (bicyclic) bond motifs is 1. The van der Waals surface area contributed by atoms with Gasteiger partial charge in [0.15, 0.2) is 0 Å². The summed E-state index contributed by atoms with van der Waals surface area (Å²) in [7, 11) is 0. The van der Waals surface area contributed by atoms with Crippen LogP contribution in [0.4, 0.5) is 14.5 Å². The first-order valence-corrected chi connectivity index (χ1v) is 7.34. The molecule has 0 bridgehead atoms. The number of ether oxygens (including phenoxy) is 1. The normalized spacial score (nSPS) is 11.0. The number of benzene rings is 2. The summed E-state index contributed by atoms with van der Waals surface area (Å²) in [5.74, 6) is 0.205. The summed E-state index contributed by atoms with van der Waals surface area (Å²) in [4.78, 5) is 0. The molecule has 2 nitrogen and oxygen atoms in total. The van der Waals surface area contributed by atoms with Crippen LogP contribution in [0.2, 0.25) is 0 Å². The maximum Gasteiger partial charge on any atom is 0.387 e. The Kier molecular flexibility index (Phi) is 4.01. The SMILES string of the molecule is FC(F)Oc1ccccc1CNc1ccc2sccc2c1. The van der Waals surface area contributed by atoms with E-state index in [-0.39, 0.29) is 5.75 Å². The standard InChI is InChI=1S/C16H13F2NOS/c17-16(18)20-14-4-2-1-3-12(14)10-19-13-5-6-15-11(9-13)7-8-21-15/h1-9,16,19H,10H2. The van der Waals surface area contributed by atoms with Crippen molar-refractivity contribution in [1.29, 1.82) is 0 Å². The Morgan fingerprint density at radius 1 is 1.10 bits per heavy atom. The number of nitrogens with one attached hydrogen (secondary N) is 1. The first-order chi connectivity index (χ1) is 10.2. The molecule has 1 aromatic heterocycles. The van der Waals surface area contributed by atoms with Gasteiger partial charge < -0.3 is 10.1 Å². The maximum absolute atomic E-state index is 12.4. The van der Waals surface area contributed by atoms with Crippen molar-refractivity contribution in [2.24, 2.45) is 0 Å². The summed E-state index contributed by atoms with van der Waals surface area (Å²) in [5.41, 5.74) is 1.65. The topological polar surface area (TPSA) is 21.3 Å². The van der Waals surface area contributed by atoms with Crippen LogP contribution >= 0.6 is 11.3 Å². The number of anilines is 1. The predicted molar refractivity (Wildman–Crippen MR) is 82.2 cm³/mol. The first-order valence-electron chi connectivity index (χ1n) is 6.46. The van der Waals surface area contributed by atoms with Crippen molar-refractivity contribution >= 4 is 27.1 Å². The van der Waals surface area contributed by atoms with E-state index in [2.05, 4.69) is 16.1 Å². The minimum atomic E-state index is -2.81. The Balaban J connectivity index is 1.74. The van der Waals surface area contributed by atoms with Gasteiger partial charge in [-0.25, -0.2) is 0 Å². The van der Waals surface area contributed by atoms with Crippen LogP contribution in [0.1, 0.15) is 5.56 Å². The molecule has 0 radical (unpaired) electrons. The van der Waals surface area contributed by atoms with Gasteiger partial charge in [-0.15, -0.1) is 11.3 Å². The van der Waals surface area contributed by atoms with Gasteiger partial charge in [-0.3, -0.25) is 0 Å². The van der Waals surface area contributed by atoms with E-state index in [4.69, 9.17) is 0 Å². The minimum absolute atomic E-state index is 0.205. The summed E-state index contributed by atoms with van der Waals surface area (Å²) in [6, 6.07) is 14.9. The first kappa shape index (κ1) is 13.8. The van der Waals surface area contributed by atoms with E-state index in [1.165, 1.54) is 10.1 Å². The third kappa shape index (κ3) is 3.31. The average Bonchev–Trinajstić information content (AvgIpc) is 2.93. The van der Waals surface area contributed by atoms with Crippen molar-refractivity contribution in [2.75, 3.05) is 5.32 Å². The fourth-order valence-corrected chi connectivity index (χ4v) is 2.91. The molecular weight excluding hydrogens is 292 g/mol. The number of rotatable bonds is 5. The molecular formula is C16H13F2NOS. The molecule has 0 amide bonds. The van der Waals surface area contributed by atoms with Gasteiger partial charge in [0.25, 0.3) is 0 Å². The van der Waals surface area contributed by atoms with E-state index in [9.17, 15) is 8.78 Å². The van der Waals surface area contributed by atoms with E-state index < -0.39 is 6.61 Å². The molecule has 0 atom stereocenters. The lowest BCUT2D eigenvalue weighted by Crippen LogP contribution is -2.07. The minimum Gasteiger partial charge on any atom is -0.434 e. The molecule has 0 aliphatic carbocycles. The molecule has 3 rings (SSSR count). The van der Waals surface area contributed by atoms with Gasteiger partial charge in [0, 0.05) is 22.5 Å². The second-order valence-corrected chi connectivity index (χ2v) is 5.46. The molecule has 0 saturated carbocycles. The lowest BCUT2D eigenvalue weighted by atomic mass is 10.2. The van der Waals surface area contributed by atoms with Gasteiger partial charge in [-0.1, -0.05) is 18.2 Å². The quantitative estimate of drug-likeness (QED) is 0.707. The number of hydrogen-bond acceptors (Lipinski definition) is 3. The summed E-state index contributed by atoms with van der Waals surface area (Å²) >= 11 is 1.69. The summed E-state index contributed by atoms with van der Waals surface area (Å²) in [6.07, 6.45) is 0. The van der Waals surface area contributed by atoms with E-state index >= 15 is 0 Å². The van der Waals surface area contributed by atoms with E-state index in [0.717, 1.165) is 5.69 Å². The van der Waals surface area contributed by atoms with Gasteiger partial charge in [-0.05, 0) is 41.1 Å². The Morgan fingerprint density at radius 3 is 2.81 bits per heavy atom. The van der Waals surface area contributed by atoms with E-state index in [1.54, 1.807) is 35.6 Å². The van der Waals surface area contributed by atoms with Crippen LogP contribution in [0.5, 0.6) is 5.75 Å². The van der Waals surface area contributed by atoms with Crippen LogP contribution in [0, 0.1) is 0 Å². The summed E-state index contributed by atoms with van der Waals surface area (Å²) < 4.78 is 30.5. The zero-order chi connectivity index (χ0) is 14.7. The van der Waals surface area contributed by atoms with Gasteiger partial charge in [-0.2, -0.15) is 8.78 Å². The van der Waals surface area contributed by atoms with Crippen LogP contribution in [-0.4, -0.2) is 6.61 Å². The lowest BCUT2D eigenvalue weighted by Gasteiger charge is -2.12. The second-order valence-electron chi connectivity index (χ2n) is 4.51. The molecule has 0 aliphatic rings. The molecule has 108 valence electrons. The zero-order valence-electron chi connectivity index (χ0n) is 11.1. The third-order valence-electron chi connectivity index (χ3n) is 3.12. The largest absolute Gasteiger partial charge is 0.434 e. The number of halogens is 2. The summed E-state index contributed by atoms with van der Waals surface area (Å²) in [5, 5.41) is 6.45. The Morgan fingerprint density at radius 2 is 1.95 bits per heavy atom. The molecule has 0 unspecified atom stereocenters. The van der Waals surface area contributed by atoms with Crippen LogP contribution in [0.25, 0.3) is 10.1 Å². The van der Waals surface area contributed by atoms with E-state index in [0.29, 0.717) is 12.1 Å². The second kappa shape index (κ2) is 6.10. The highest BCUT2D eigenvalue weighted by molar-refractivity contribution is 7.17. The van der Waals surface area contributed by atoms with Crippen LogP contribution < -0.4 is 10.1 Å². The Hall–Kier alpha value is -2.14. The average molecular weight is 305 g/mol. The fourth-order valence-electron chi connectivity index (χ4n) is 2.13. The molecule has 5 heteroatoms. The van der Waals surface area contributed by atoms with Crippen molar-refractivity contribution in [3.8, 4) is 5.75 Å². The number of thiophene rings is 1. The molecule has 0 fully saturated rings. The molecule has 3 aromatic rings. The molecule has 0 aliphatic heterocycles. The van der Waals surface area contributed by atoms with Crippen molar-refractivity contribution in [1.82, 2.24) is 0 Å². The number of para-hydroxylation sites is 1. The summed E-state index contributed by atoms with van der Waals surface area (Å²) in [6.45, 7) is -2.38. The number of hydrogen-bond donors (Lipinski definition) is 1.